The number of halogens is 3. The minimum absolute atomic E-state index is 0. The standard InChI is InChI=1S/C20H28F2N6.HI/c1-14(2)12-28-9-7-24-19(28)11-25-20(23-3)26-16-6-8-27(13-16)18-5-4-15(21)10-17(18)22;/h4-5,7,9-10,14,16H,6,8,11-13H2,1-3H3,(H2,23,25,26);1H. The van der Waals surface area contributed by atoms with Crippen molar-refractivity contribution in [3.63, 3.8) is 0 Å². The molecule has 1 aliphatic heterocycles. The molecule has 6 nitrogen and oxygen atoms in total. The Balaban J connectivity index is 0.00000300. The maximum atomic E-state index is 14.0. The molecule has 0 aliphatic carbocycles. The monoisotopic (exact) mass is 518 g/mol. The zero-order valence-corrected chi connectivity index (χ0v) is 19.4. The molecule has 1 atom stereocenters. The quantitative estimate of drug-likeness (QED) is 0.350. The normalized spacial score (nSPS) is 16.8. The van der Waals surface area contributed by atoms with Gasteiger partial charge >= 0.3 is 0 Å². The number of benzene rings is 1. The Morgan fingerprint density at radius 1 is 1.34 bits per heavy atom. The minimum atomic E-state index is -0.560. The Morgan fingerprint density at radius 2 is 2.14 bits per heavy atom. The third-order valence-electron chi connectivity index (χ3n) is 4.78. The van der Waals surface area contributed by atoms with Crippen molar-refractivity contribution in [2.24, 2.45) is 10.9 Å². The Bertz CT molecular complexity index is 823. The van der Waals surface area contributed by atoms with E-state index in [9.17, 15) is 8.78 Å². The van der Waals surface area contributed by atoms with Crippen LogP contribution in [-0.2, 0) is 13.1 Å². The second-order valence-electron chi connectivity index (χ2n) is 7.49. The van der Waals surface area contributed by atoms with Crippen LogP contribution < -0.4 is 15.5 Å². The zero-order chi connectivity index (χ0) is 20.1. The Morgan fingerprint density at radius 3 is 2.83 bits per heavy atom. The highest BCUT2D eigenvalue weighted by molar-refractivity contribution is 14.0. The summed E-state index contributed by atoms with van der Waals surface area (Å²) >= 11 is 0. The summed E-state index contributed by atoms with van der Waals surface area (Å²) in [6.45, 7) is 7.18. The molecule has 0 spiro atoms. The first-order chi connectivity index (χ1) is 13.5. The second kappa shape index (κ2) is 10.7. The molecule has 2 aromatic rings. The van der Waals surface area contributed by atoms with Crippen LogP contribution in [0.3, 0.4) is 0 Å². The first-order valence-corrected chi connectivity index (χ1v) is 9.63. The van der Waals surface area contributed by atoms with Crippen molar-refractivity contribution in [1.82, 2.24) is 20.2 Å². The van der Waals surface area contributed by atoms with Gasteiger partial charge in [0, 0.05) is 51.2 Å². The van der Waals surface area contributed by atoms with E-state index in [1.54, 1.807) is 7.05 Å². The van der Waals surface area contributed by atoms with Gasteiger partial charge in [0.1, 0.15) is 17.5 Å². The van der Waals surface area contributed by atoms with Crippen LogP contribution in [0.25, 0.3) is 0 Å². The number of hydrogen-bond donors (Lipinski definition) is 2. The van der Waals surface area contributed by atoms with Crippen LogP contribution >= 0.6 is 24.0 Å². The summed E-state index contributed by atoms with van der Waals surface area (Å²) < 4.78 is 29.3. The number of nitrogens with zero attached hydrogens (tertiary/aromatic N) is 4. The van der Waals surface area contributed by atoms with E-state index in [0.717, 1.165) is 24.9 Å². The summed E-state index contributed by atoms with van der Waals surface area (Å²) in [4.78, 5) is 10.6. The first-order valence-electron chi connectivity index (χ1n) is 9.63. The summed E-state index contributed by atoms with van der Waals surface area (Å²) in [5, 5.41) is 6.68. The zero-order valence-electron chi connectivity index (χ0n) is 17.0. The molecule has 0 saturated carbocycles. The summed E-state index contributed by atoms with van der Waals surface area (Å²) in [7, 11) is 1.72. The fourth-order valence-corrected chi connectivity index (χ4v) is 3.45. The highest BCUT2D eigenvalue weighted by Crippen LogP contribution is 2.24. The van der Waals surface area contributed by atoms with Gasteiger partial charge in [-0.3, -0.25) is 4.99 Å². The molecule has 9 heteroatoms. The Kier molecular flexibility index (Phi) is 8.66. The number of guanidine groups is 1. The van der Waals surface area contributed by atoms with E-state index in [1.165, 1.54) is 12.1 Å². The van der Waals surface area contributed by atoms with Gasteiger partial charge < -0.3 is 20.1 Å². The molecule has 1 unspecified atom stereocenters. The molecular weight excluding hydrogens is 489 g/mol. The lowest BCUT2D eigenvalue weighted by Gasteiger charge is -2.21. The molecule has 1 fully saturated rings. The average Bonchev–Trinajstić information content (AvgIpc) is 3.27. The third kappa shape index (κ3) is 6.28. The predicted molar refractivity (Wildman–Crippen MR) is 123 cm³/mol. The van der Waals surface area contributed by atoms with E-state index < -0.39 is 11.6 Å². The van der Waals surface area contributed by atoms with Crippen LogP contribution in [-0.4, -0.2) is 41.7 Å². The molecule has 29 heavy (non-hydrogen) atoms. The molecule has 1 aromatic heterocycles. The van der Waals surface area contributed by atoms with E-state index in [-0.39, 0.29) is 30.0 Å². The van der Waals surface area contributed by atoms with Crippen molar-refractivity contribution >= 4 is 35.6 Å². The Hall–Kier alpha value is -1.91. The maximum Gasteiger partial charge on any atom is 0.191 e. The summed E-state index contributed by atoms with van der Waals surface area (Å²) in [5.74, 6) is 1.10. The summed E-state index contributed by atoms with van der Waals surface area (Å²) in [6.07, 6.45) is 4.64. The van der Waals surface area contributed by atoms with Crippen molar-refractivity contribution in [2.45, 2.75) is 39.4 Å². The molecule has 0 amide bonds. The van der Waals surface area contributed by atoms with Crippen LogP contribution in [0.1, 0.15) is 26.1 Å². The molecular formula is C20H29F2IN6. The molecule has 3 rings (SSSR count). The Labute approximate surface area is 187 Å². The van der Waals surface area contributed by atoms with Gasteiger partial charge in [-0.05, 0) is 24.5 Å². The van der Waals surface area contributed by atoms with Gasteiger partial charge in [-0.2, -0.15) is 0 Å². The number of imidazole rings is 1. The van der Waals surface area contributed by atoms with Gasteiger partial charge in [-0.1, -0.05) is 13.8 Å². The molecule has 1 aliphatic rings. The van der Waals surface area contributed by atoms with Crippen molar-refractivity contribution in [2.75, 3.05) is 25.0 Å². The average molecular weight is 518 g/mol. The fourth-order valence-electron chi connectivity index (χ4n) is 3.45. The predicted octanol–water partition coefficient (Wildman–Crippen LogP) is 3.38. The lowest BCUT2D eigenvalue weighted by molar-refractivity contribution is 0.503. The smallest absolute Gasteiger partial charge is 0.191 e. The van der Waals surface area contributed by atoms with Crippen molar-refractivity contribution in [1.29, 1.82) is 0 Å². The molecule has 0 radical (unpaired) electrons. The largest absolute Gasteiger partial charge is 0.367 e. The number of aliphatic imine (C=N–C) groups is 1. The van der Waals surface area contributed by atoms with Gasteiger partial charge in [-0.25, -0.2) is 13.8 Å². The van der Waals surface area contributed by atoms with Crippen LogP contribution in [0, 0.1) is 17.6 Å². The van der Waals surface area contributed by atoms with Gasteiger partial charge in [0.25, 0.3) is 0 Å². The van der Waals surface area contributed by atoms with E-state index in [2.05, 4.69) is 39.0 Å². The lowest BCUT2D eigenvalue weighted by Crippen LogP contribution is -2.44. The fraction of sp³-hybridized carbons (Fsp3) is 0.500. The van der Waals surface area contributed by atoms with Gasteiger partial charge in [0.2, 0.25) is 0 Å². The summed E-state index contributed by atoms with van der Waals surface area (Å²) in [6, 6.07) is 3.84. The number of rotatable bonds is 6. The van der Waals surface area contributed by atoms with Gasteiger partial charge in [0.15, 0.2) is 5.96 Å². The molecule has 1 saturated heterocycles. The number of anilines is 1. The first kappa shape index (κ1) is 23.4. The van der Waals surface area contributed by atoms with Crippen molar-refractivity contribution < 1.29 is 8.78 Å². The molecule has 1 aromatic carbocycles. The molecule has 0 bridgehead atoms. The van der Waals surface area contributed by atoms with Crippen molar-refractivity contribution in [3.05, 3.63) is 48.1 Å². The van der Waals surface area contributed by atoms with E-state index >= 15 is 0 Å². The second-order valence-corrected chi connectivity index (χ2v) is 7.49. The lowest BCUT2D eigenvalue weighted by atomic mass is 10.2. The van der Waals surface area contributed by atoms with Gasteiger partial charge in [0.05, 0.1) is 12.2 Å². The van der Waals surface area contributed by atoms with Crippen LogP contribution in [0.5, 0.6) is 0 Å². The molecule has 2 N–H and O–H groups in total. The number of hydrogen-bond acceptors (Lipinski definition) is 3. The highest BCUT2D eigenvalue weighted by atomic mass is 127. The van der Waals surface area contributed by atoms with Crippen LogP contribution in [0.15, 0.2) is 35.6 Å². The van der Waals surface area contributed by atoms with Gasteiger partial charge in [-0.15, -0.1) is 24.0 Å². The molecule has 2 heterocycles. The minimum Gasteiger partial charge on any atom is -0.367 e. The third-order valence-corrected chi connectivity index (χ3v) is 4.78. The van der Waals surface area contributed by atoms with E-state index in [0.29, 0.717) is 37.2 Å². The maximum absolute atomic E-state index is 14.0. The number of aromatic nitrogens is 2. The van der Waals surface area contributed by atoms with Crippen molar-refractivity contribution in [3.8, 4) is 0 Å². The summed E-state index contributed by atoms with van der Waals surface area (Å²) in [5.41, 5.74) is 0.435. The van der Waals surface area contributed by atoms with E-state index in [4.69, 9.17) is 0 Å². The van der Waals surface area contributed by atoms with Crippen LogP contribution in [0.4, 0.5) is 14.5 Å². The van der Waals surface area contributed by atoms with E-state index in [1.807, 2.05) is 17.3 Å². The number of nitrogens with one attached hydrogen (secondary N) is 2. The SMILES string of the molecule is CN=C(NCc1nccn1CC(C)C)NC1CCN(c2ccc(F)cc2F)C1.I. The topological polar surface area (TPSA) is 57.5 Å². The van der Waals surface area contributed by atoms with Crippen LogP contribution in [0.2, 0.25) is 0 Å². The molecule has 160 valence electrons. The highest BCUT2D eigenvalue weighted by Gasteiger charge is 2.25.